The van der Waals surface area contributed by atoms with Crippen LogP contribution < -0.4 is 5.32 Å². The van der Waals surface area contributed by atoms with Crippen molar-refractivity contribution in [2.45, 2.75) is 32.3 Å². The first-order chi connectivity index (χ1) is 10.3. The van der Waals surface area contributed by atoms with Crippen LogP contribution >= 0.6 is 11.3 Å². The maximum absolute atomic E-state index is 9.12. The summed E-state index contributed by atoms with van der Waals surface area (Å²) in [6.07, 6.45) is 2.59. The SMILES string of the molecule is CC(O)CCNCCCOCCc1ccc2sccc2c1. The lowest BCUT2D eigenvalue weighted by Gasteiger charge is -2.07. The van der Waals surface area contributed by atoms with Crippen LogP contribution in [0.2, 0.25) is 0 Å². The molecule has 1 aromatic heterocycles. The molecule has 2 rings (SSSR count). The Kier molecular flexibility index (Phi) is 7.16. The molecule has 0 bridgehead atoms. The van der Waals surface area contributed by atoms with Crippen LogP contribution in [0, 0.1) is 0 Å². The molecule has 0 fully saturated rings. The van der Waals surface area contributed by atoms with Crippen molar-refractivity contribution in [3.63, 3.8) is 0 Å². The molecule has 0 radical (unpaired) electrons. The van der Waals surface area contributed by atoms with Crippen LogP contribution in [0.25, 0.3) is 10.1 Å². The van der Waals surface area contributed by atoms with Gasteiger partial charge < -0.3 is 15.2 Å². The van der Waals surface area contributed by atoms with E-state index in [0.717, 1.165) is 45.6 Å². The van der Waals surface area contributed by atoms with E-state index in [0.29, 0.717) is 0 Å². The summed E-state index contributed by atoms with van der Waals surface area (Å²) in [5, 5.41) is 15.9. The number of rotatable bonds is 10. The highest BCUT2D eigenvalue weighted by Gasteiger charge is 1.98. The Morgan fingerprint density at radius 2 is 2.14 bits per heavy atom. The smallest absolute Gasteiger partial charge is 0.0524 e. The normalized spacial score (nSPS) is 12.9. The van der Waals surface area contributed by atoms with E-state index in [9.17, 15) is 0 Å². The van der Waals surface area contributed by atoms with Gasteiger partial charge in [0.1, 0.15) is 0 Å². The number of aliphatic hydroxyl groups is 1. The summed E-state index contributed by atoms with van der Waals surface area (Å²) in [6.45, 7) is 5.22. The molecule has 1 atom stereocenters. The van der Waals surface area contributed by atoms with Crippen molar-refractivity contribution in [3.05, 3.63) is 35.2 Å². The van der Waals surface area contributed by atoms with Gasteiger partial charge in [-0.2, -0.15) is 0 Å². The number of fused-ring (bicyclic) bond motifs is 1. The first-order valence-corrected chi connectivity index (χ1v) is 8.56. The molecule has 0 aliphatic rings. The highest BCUT2D eigenvalue weighted by atomic mass is 32.1. The molecule has 0 saturated carbocycles. The van der Waals surface area contributed by atoms with Crippen LogP contribution in [0.1, 0.15) is 25.3 Å². The Hall–Kier alpha value is -0.940. The van der Waals surface area contributed by atoms with Crippen molar-refractivity contribution in [2.75, 3.05) is 26.3 Å². The van der Waals surface area contributed by atoms with E-state index in [-0.39, 0.29) is 6.10 Å². The number of benzene rings is 1. The van der Waals surface area contributed by atoms with Crippen LogP contribution in [0.4, 0.5) is 0 Å². The standard InChI is InChI=1S/C17H25NO2S/c1-14(19)5-9-18-8-2-10-20-11-6-15-3-4-17-16(13-15)7-12-21-17/h3-4,7,12-14,18-19H,2,5-6,8-11H2,1H3. The number of nitrogens with one attached hydrogen (secondary N) is 1. The summed E-state index contributed by atoms with van der Waals surface area (Å²) in [5.41, 5.74) is 1.34. The minimum Gasteiger partial charge on any atom is -0.393 e. The summed E-state index contributed by atoms with van der Waals surface area (Å²) in [7, 11) is 0. The topological polar surface area (TPSA) is 41.5 Å². The third kappa shape index (κ3) is 6.14. The molecule has 0 saturated heterocycles. The Morgan fingerprint density at radius 3 is 3.00 bits per heavy atom. The van der Waals surface area contributed by atoms with Gasteiger partial charge in [0.05, 0.1) is 12.7 Å². The average molecular weight is 307 g/mol. The lowest BCUT2D eigenvalue weighted by atomic mass is 10.1. The van der Waals surface area contributed by atoms with E-state index in [1.807, 2.05) is 6.92 Å². The van der Waals surface area contributed by atoms with Crippen molar-refractivity contribution >= 4 is 21.4 Å². The molecule has 4 heteroatoms. The van der Waals surface area contributed by atoms with Gasteiger partial charge in [0.25, 0.3) is 0 Å². The molecule has 0 spiro atoms. The van der Waals surface area contributed by atoms with E-state index >= 15 is 0 Å². The molecule has 0 aliphatic heterocycles. The van der Waals surface area contributed by atoms with Crippen molar-refractivity contribution in [3.8, 4) is 0 Å². The fraction of sp³-hybridized carbons (Fsp3) is 0.529. The van der Waals surface area contributed by atoms with E-state index < -0.39 is 0 Å². The van der Waals surface area contributed by atoms with E-state index in [1.165, 1.54) is 15.6 Å². The van der Waals surface area contributed by atoms with E-state index in [1.54, 1.807) is 11.3 Å². The van der Waals surface area contributed by atoms with Crippen LogP contribution in [0.5, 0.6) is 0 Å². The van der Waals surface area contributed by atoms with E-state index in [2.05, 4.69) is 35.0 Å². The summed E-state index contributed by atoms with van der Waals surface area (Å²) < 4.78 is 7.02. The molecule has 0 aliphatic carbocycles. The molecule has 21 heavy (non-hydrogen) atoms. The molecular formula is C17H25NO2S. The quantitative estimate of drug-likeness (QED) is 0.662. The molecule has 1 aromatic carbocycles. The number of hydrogen-bond acceptors (Lipinski definition) is 4. The Balaban J connectivity index is 1.51. The van der Waals surface area contributed by atoms with Gasteiger partial charge in [-0.15, -0.1) is 11.3 Å². The second-order valence-electron chi connectivity index (χ2n) is 5.40. The zero-order valence-corrected chi connectivity index (χ0v) is 13.5. The third-order valence-corrected chi connectivity index (χ3v) is 4.33. The Morgan fingerprint density at radius 1 is 1.24 bits per heavy atom. The third-order valence-electron chi connectivity index (χ3n) is 3.43. The first-order valence-electron chi connectivity index (χ1n) is 7.68. The van der Waals surface area contributed by atoms with Gasteiger partial charge >= 0.3 is 0 Å². The molecule has 1 heterocycles. The minimum atomic E-state index is -0.214. The molecular weight excluding hydrogens is 282 g/mol. The largest absolute Gasteiger partial charge is 0.393 e. The summed E-state index contributed by atoms with van der Waals surface area (Å²) in [6, 6.07) is 8.82. The second-order valence-corrected chi connectivity index (χ2v) is 6.34. The van der Waals surface area contributed by atoms with Crippen LogP contribution in [0.15, 0.2) is 29.6 Å². The Bertz CT molecular complexity index is 524. The maximum atomic E-state index is 9.12. The van der Waals surface area contributed by atoms with Crippen molar-refractivity contribution in [2.24, 2.45) is 0 Å². The maximum Gasteiger partial charge on any atom is 0.0524 e. The van der Waals surface area contributed by atoms with Crippen LogP contribution in [-0.2, 0) is 11.2 Å². The highest BCUT2D eigenvalue weighted by Crippen LogP contribution is 2.21. The van der Waals surface area contributed by atoms with Gasteiger partial charge in [-0.05, 0) is 67.7 Å². The summed E-state index contributed by atoms with van der Waals surface area (Å²) >= 11 is 1.79. The van der Waals surface area contributed by atoms with Gasteiger partial charge in [-0.25, -0.2) is 0 Å². The second kappa shape index (κ2) is 9.15. The molecule has 3 nitrogen and oxygen atoms in total. The lowest BCUT2D eigenvalue weighted by Crippen LogP contribution is -2.21. The van der Waals surface area contributed by atoms with Gasteiger partial charge in [-0.3, -0.25) is 0 Å². The van der Waals surface area contributed by atoms with Gasteiger partial charge in [-0.1, -0.05) is 12.1 Å². The fourth-order valence-corrected chi connectivity index (χ4v) is 2.97. The lowest BCUT2D eigenvalue weighted by molar-refractivity contribution is 0.134. The predicted molar refractivity (Wildman–Crippen MR) is 90.1 cm³/mol. The molecule has 2 N–H and O–H groups in total. The highest BCUT2D eigenvalue weighted by molar-refractivity contribution is 7.17. The number of aliphatic hydroxyl groups excluding tert-OH is 1. The number of ether oxygens (including phenoxy) is 1. The van der Waals surface area contributed by atoms with Crippen LogP contribution in [0.3, 0.4) is 0 Å². The van der Waals surface area contributed by atoms with Crippen molar-refractivity contribution in [1.29, 1.82) is 0 Å². The summed E-state index contributed by atoms with van der Waals surface area (Å²) in [5.74, 6) is 0. The van der Waals surface area contributed by atoms with Gasteiger partial charge in [0, 0.05) is 11.3 Å². The predicted octanol–water partition coefficient (Wildman–Crippen LogP) is 3.21. The van der Waals surface area contributed by atoms with Gasteiger partial charge in [0.15, 0.2) is 0 Å². The molecule has 116 valence electrons. The fourth-order valence-electron chi connectivity index (χ4n) is 2.20. The van der Waals surface area contributed by atoms with Crippen LogP contribution in [-0.4, -0.2) is 37.5 Å². The molecule has 2 aromatic rings. The number of hydrogen-bond donors (Lipinski definition) is 2. The molecule has 0 amide bonds. The zero-order chi connectivity index (χ0) is 14.9. The van der Waals surface area contributed by atoms with Gasteiger partial charge in [0.2, 0.25) is 0 Å². The average Bonchev–Trinajstić information content (AvgIpc) is 2.92. The first kappa shape index (κ1) is 16.4. The van der Waals surface area contributed by atoms with Crippen molar-refractivity contribution in [1.82, 2.24) is 5.32 Å². The number of thiophene rings is 1. The summed E-state index contributed by atoms with van der Waals surface area (Å²) in [4.78, 5) is 0. The minimum absolute atomic E-state index is 0.214. The molecule has 1 unspecified atom stereocenters. The monoisotopic (exact) mass is 307 g/mol. The van der Waals surface area contributed by atoms with Crippen molar-refractivity contribution < 1.29 is 9.84 Å². The van der Waals surface area contributed by atoms with E-state index in [4.69, 9.17) is 9.84 Å². The zero-order valence-electron chi connectivity index (χ0n) is 12.7. The Labute approximate surface area is 130 Å².